The van der Waals surface area contributed by atoms with Crippen LogP contribution in [-0.2, 0) is 13.1 Å². The molecule has 0 bridgehead atoms. The smallest absolute Gasteiger partial charge is 0.257 e. The van der Waals surface area contributed by atoms with E-state index in [1.54, 1.807) is 12.4 Å². The van der Waals surface area contributed by atoms with Gasteiger partial charge in [-0.25, -0.2) is 4.98 Å². The summed E-state index contributed by atoms with van der Waals surface area (Å²) in [6, 6.07) is 9.58. The summed E-state index contributed by atoms with van der Waals surface area (Å²) in [4.78, 5) is 19.3. The summed E-state index contributed by atoms with van der Waals surface area (Å²) in [6.07, 6.45) is 3.56. The summed E-state index contributed by atoms with van der Waals surface area (Å²) in [5.41, 5.74) is 1.68. The van der Waals surface area contributed by atoms with E-state index >= 15 is 0 Å². The molecule has 4 heterocycles. The SMILES string of the molecule is Cc1cc(C(=O)N2Cc3ccnn3CC(CNc3ccccn3)C2)c(C)o1. The lowest BCUT2D eigenvalue weighted by Gasteiger charge is -2.24. The first-order chi connectivity index (χ1) is 13.1. The summed E-state index contributed by atoms with van der Waals surface area (Å²) in [5, 5.41) is 7.80. The van der Waals surface area contributed by atoms with Crippen LogP contribution in [0, 0.1) is 19.8 Å². The summed E-state index contributed by atoms with van der Waals surface area (Å²) in [7, 11) is 0. The third kappa shape index (κ3) is 3.72. The highest BCUT2D eigenvalue weighted by Crippen LogP contribution is 2.22. The number of rotatable bonds is 4. The number of anilines is 1. The lowest BCUT2D eigenvalue weighted by atomic mass is 10.1. The first-order valence-electron chi connectivity index (χ1n) is 9.12. The number of fused-ring (bicyclic) bond motifs is 1. The fourth-order valence-corrected chi connectivity index (χ4v) is 3.55. The molecule has 0 aromatic carbocycles. The normalized spacial score (nSPS) is 16.7. The van der Waals surface area contributed by atoms with Crippen molar-refractivity contribution in [1.29, 1.82) is 0 Å². The zero-order chi connectivity index (χ0) is 18.8. The van der Waals surface area contributed by atoms with Gasteiger partial charge in [0.1, 0.15) is 17.3 Å². The Kier molecular flexibility index (Phi) is 4.66. The number of nitrogens with zero attached hydrogens (tertiary/aromatic N) is 4. The Bertz CT molecular complexity index is 931. The van der Waals surface area contributed by atoms with E-state index in [9.17, 15) is 4.79 Å². The fraction of sp³-hybridized carbons (Fsp3) is 0.350. The molecular weight excluding hydrogens is 342 g/mol. The van der Waals surface area contributed by atoms with Crippen molar-refractivity contribution < 1.29 is 9.21 Å². The van der Waals surface area contributed by atoms with E-state index in [2.05, 4.69) is 15.4 Å². The lowest BCUT2D eigenvalue weighted by molar-refractivity contribution is 0.0722. The predicted molar refractivity (Wildman–Crippen MR) is 101 cm³/mol. The minimum Gasteiger partial charge on any atom is -0.466 e. The van der Waals surface area contributed by atoms with Gasteiger partial charge in [0.05, 0.1) is 17.8 Å². The van der Waals surface area contributed by atoms with Crippen LogP contribution < -0.4 is 5.32 Å². The van der Waals surface area contributed by atoms with Gasteiger partial charge in [0.15, 0.2) is 0 Å². The zero-order valence-corrected chi connectivity index (χ0v) is 15.6. The first kappa shape index (κ1) is 17.3. The molecular formula is C20H23N5O2. The van der Waals surface area contributed by atoms with Crippen molar-refractivity contribution in [3.63, 3.8) is 0 Å². The predicted octanol–water partition coefficient (Wildman–Crippen LogP) is 2.87. The molecule has 140 valence electrons. The van der Waals surface area contributed by atoms with Gasteiger partial charge in [0.25, 0.3) is 5.91 Å². The highest BCUT2D eigenvalue weighted by molar-refractivity contribution is 5.95. The molecule has 3 aromatic rings. The van der Waals surface area contributed by atoms with Gasteiger partial charge < -0.3 is 14.6 Å². The molecule has 1 aliphatic heterocycles. The molecule has 4 rings (SSSR count). The van der Waals surface area contributed by atoms with Crippen LogP contribution in [-0.4, -0.2) is 38.7 Å². The molecule has 1 aliphatic rings. The molecule has 1 N–H and O–H groups in total. The van der Waals surface area contributed by atoms with Crippen molar-refractivity contribution in [1.82, 2.24) is 19.7 Å². The van der Waals surface area contributed by atoms with E-state index in [1.807, 2.05) is 53.8 Å². The van der Waals surface area contributed by atoms with Gasteiger partial charge in [-0.3, -0.25) is 9.48 Å². The number of furan rings is 1. The summed E-state index contributed by atoms with van der Waals surface area (Å²) in [5.74, 6) is 2.47. The molecule has 0 aliphatic carbocycles. The second-order valence-corrected chi connectivity index (χ2v) is 6.98. The van der Waals surface area contributed by atoms with Crippen LogP contribution in [0.5, 0.6) is 0 Å². The topological polar surface area (TPSA) is 76.2 Å². The van der Waals surface area contributed by atoms with E-state index in [0.717, 1.165) is 23.8 Å². The molecule has 7 heteroatoms. The Morgan fingerprint density at radius 2 is 2.15 bits per heavy atom. The van der Waals surface area contributed by atoms with Gasteiger partial charge in [0, 0.05) is 37.9 Å². The van der Waals surface area contributed by atoms with Gasteiger partial charge in [-0.1, -0.05) is 6.07 Å². The molecule has 7 nitrogen and oxygen atoms in total. The van der Waals surface area contributed by atoms with Gasteiger partial charge in [-0.15, -0.1) is 0 Å². The quantitative estimate of drug-likeness (QED) is 0.769. The minimum absolute atomic E-state index is 0.00170. The van der Waals surface area contributed by atoms with Crippen molar-refractivity contribution in [2.45, 2.75) is 26.9 Å². The van der Waals surface area contributed by atoms with E-state index in [-0.39, 0.29) is 11.8 Å². The summed E-state index contributed by atoms with van der Waals surface area (Å²) in [6.45, 7) is 6.36. The second-order valence-electron chi connectivity index (χ2n) is 6.98. The highest BCUT2D eigenvalue weighted by Gasteiger charge is 2.28. The number of carbonyl (C=O) groups excluding carboxylic acids is 1. The lowest BCUT2D eigenvalue weighted by Crippen LogP contribution is -2.36. The van der Waals surface area contributed by atoms with Crippen LogP contribution in [0.1, 0.15) is 27.6 Å². The number of carbonyl (C=O) groups is 1. The average Bonchev–Trinajstić information content (AvgIpc) is 3.19. The van der Waals surface area contributed by atoms with Crippen LogP contribution >= 0.6 is 0 Å². The zero-order valence-electron chi connectivity index (χ0n) is 15.6. The van der Waals surface area contributed by atoms with Crippen LogP contribution in [0.2, 0.25) is 0 Å². The van der Waals surface area contributed by atoms with Crippen molar-refractivity contribution in [3.8, 4) is 0 Å². The van der Waals surface area contributed by atoms with Crippen LogP contribution in [0.3, 0.4) is 0 Å². The Labute approximate surface area is 158 Å². The van der Waals surface area contributed by atoms with Gasteiger partial charge in [0.2, 0.25) is 0 Å². The first-order valence-corrected chi connectivity index (χ1v) is 9.12. The van der Waals surface area contributed by atoms with Crippen LogP contribution in [0.25, 0.3) is 0 Å². The standard InChI is InChI=1S/C20H23N5O2/c1-14-9-18(15(2)27-14)20(26)24-11-16(10-22-19-5-3-4-7-21-19)12-25-17(13-24)6-8-23-25/h3-9,16H,10-13H2,1-2H3,(H,21,22). The Balaban J connectivity index is 1.54. The molecule has 0 saturated carbocycles. The molecule has 0 spiro atoms. The van der Waals surface area contributed by atoms with Crippen molar-refractivity contribution in [3.05, 3.63) is 65.5 Å². The number of aryl methyl sites for hydroxylation is 2. The van der Waals surface area contributed by atoms with E-state index < -0.39 is 0 Å². The number of hydrogen-bond acceptors (Lipinski definition) is 5. The molecule has 27 heavy (non-hydrogen) atoms. The van der Waals surface area contributed by atoms with Gasteiger partial charge in [-0.05, 0) is 38.1 Å². The number of nitrogens with one attached hydrogen (secondary N) is 1. The molecule has 0 saturated heterocycles. The number of amides is 1. The van der Waals surface area contributed by atoms with Gasteiger partial charge >= 0.3 is 0 Å². The average molecular weight is 365 g/mol. The number of pyridine rings is 1. The molecule has 1 amide bonds. The van der Waals surface area contributed by atoms with Crippen molar-refractivity contribution in [2.24, 2.45) is 5.92 Å². The van der Waals surface area contributed by atoms with E-state index in [4.69, 9.17) is 4.42 Å². The summed E-state index contributed by atoms with van der Waals surface area (Å²) >= 11 is 0. The second kappa shape index (κ2) is 7.26. The minimum atomic E-state index is 0.00170. The summed E-state index contributed by atoms with van der Waals surface area (Å²) < 4.78 is 7.55. The molecule has 0 fully saturated rings. The maximum Gasteiger partial charge on any atom is 0.257 e. The Morgan fingerprint density at radius 1 is 1.26 bits per heavy atom. The molecule has 1 atom stereocenters. The van der Waals surface area contributed by atoms with E-state index in [1.165, 1.54) is 0 Å². The van der Waals surface area contributed by atoms with Crippen molar-refractivity contribution >= 4 is 11.7 Å². The third-order valence-electron chi connectivity index (χ3n) is 4.86. The third-order valence-corrected chi connectivity index (χ3v) is 4.86. The monoisotopic (exact) mass is 365 g/mol. The van der Waals surface area contributed by atoms with Gasteiger partial charge in [-0.2, -0.15) is 5.10 Å². The van der Waals surface area contributed by atoms with E-state index in [0.29, 0.717) is 31.0 Å². The number of hydrogen-bond donors (Lipinski definition) is 1. The largest absolute Gasteiger partial charge is 0.466 e. The molecule has 3 aromatic heterocycles. The Hall–Kier alpha value is -3.09. The maximum atomic E-state index is 13.1. The fourth-order valence-electron chi connectivity index (χ4n) is 3.55. The highest BCUT2D eigenvalue weighted by atomic mass is 16.3. The van der Waals surface area contributed by atoms with Crippen molar-refractivity contribution in [2.75, 3.05) is 18.4 Å². The molecule has 1 unspecified atom stereocenters. The van der Waals surface area contributed by atoms with Crippen LogP contribution in [0.15, 0.2) is 47.1 Å². The maximum absolute atomic E-state index is 13.1. The number of aromatic nitrogens is 3. The Morgan fingerprint density at radius 3 is 2.89 bits per heavy atom. The molecule has 0 radical (unpaired) electrons. The van der Waals surface area contributed by atoms with Crippen LogP contribution in [0.4, 0.5) is 5.82 Å².